The molecular weight excluding hydrogens is 298 g/mol. The molecule has 0 radical (unpaired) electrons. The van der Waals surface area contributed by atoms with Crippen LogP contribution >= 0.6 is 11.8 Å². The van der Waals surface area contributed by atoms with Crippen LogP contribution in [-0.2, 0) is 4.74 Å². The molecule has 2 aliphatic rings. The minimum atomic E-state index is -0.0221. The van der Waals surface area contributed by atoms with Crippen LogP contribution in [0.15, 0.2) is 24.3 Å². The van der Waals surface area contributed by atoms with E-state index < -0.39 is 0 Å². The predicted octanol–water partition coefficient (Wildman–Crippen LogP) is 3.17. The predicted molar refractivity (Wildman–Crippen MR) is 88.5 cm³/mol. The molecule has 2 saturated heterocycles. The van der Waals surface area contributed by atoms with E-state index in [0.29, 0.717) is 0 Å². The molecule has 22 heavy (non-hydrogen) atoms. The van der Waals surface area contributed by atoms with Crippen molar-refractivity contribution in [1.29, 1.82) is 0 Å². The molecule has 0 bridgehead atoms. The van der Waals surface area contributed by atoms with Crippen molar-refractivity contribution in [2.24, 2.45) is 0 Å². The van der Waals surface area contributed by atoms with E-state index in [1.54, 1.807) is 0 Å². The molecule has 2 aliphatic heterocycles. The summed E-state index contributed by atoms with van der Waals surface area (Å²) in [5.74, 6) is 1.99. The van der Waals surface area contributed by atoms with Crippen LogP contribution < -0.4 is 4.74 Å². The normalized spacial score (nSPS) is 20.6. The Morgan fingerprint density at radius 1 is 1.27 bits per heavy atom. The van der Waals surface area contributed by atoms with Gasteiger partial charge in [0.2, 0.25) is 0 Å². The van der Waals surface area contributed by atoms with E-state index in [4.69, 9.17) is 9.47 Å². The quantitative estimate of drug-likeness (QED) is 0.857. The van der Waals surface area contributed by atoms with E-state index in [0.717, 1.165) is 49.6 Å². The summed E-state index contributed by atoms with van der Waals surface area (Å²) in [6.45, 7) is 6.37. The number of amides is 1. The number of hydrogen-bond acceptors (Lipinski definition) is 4. The standard InChI is InChI=1S/C17H23NO3S/c1-13(2)21-15-5-3-14(4-6-15)16(19)18-9-7-17(8-10-18)20-11-12-22-17/h3-6,13H,7-12H2,1-2H3. The summed E-state index contributed by atoms with van der Waals surface area (Å²) in [6, 6.07) is 7.44. The van der Waals surface area contributed by atoms with Gasteiger partial charge in [0.1, 0.15) is 10.7 Å². The fourth-order valence-corrected chi connectivity index (χ4v) is 4.14. The van der Waals surface area contributed by atoms with E-state index in [9.17, 15) is 4.79 Å². The van der Waals surface area contributed by atoms with E-state index in [1.165, 1.54) is 0 Å². The van der Waals surface area contributed by atoms with Gasteiger partial charge >= 0.3 is 0 Å². The largest absolute Gasteiger partial charge is 0.491 e. The number of carbonyl (C=O) groups excluding carboxylic acids is 1. The first-order valence-corrected chi connectivity index (χ1v) is 8.90. The van der Waals surface area contributed by atoms with Crippen LogP contribution in [-0.4, -0.2) is 47.3 Å². The molecule has 1 amide bonds. The highest BCUT2D eigenvalue weighted by Crippen LogP contribution is 2.41. The van der Waals surface area contributed by atoms with Gasteiger partial charge in [0, 0.05) is 37.2 Å². The van der Waals surface area contributed by atoms with Gasteiger partial charge in [-0.3, -0.25) is 4.79 Å². The number of likely N-dealkylation sites (tertiary alicyclic amines) is 1. The minimum absolute atomic E-state index is 0.0221. The fraction of sp³-hybridized carbons (Fsp3) is 0.588. The minimum Gasteiger partial charge on any atom is -0.491 e. The maximum Gasteiger partial charge on any atom is 0.253 e. The second-order valence-electron chi connectivity index (χ2n) is 6.09. The Labute approximate surface area is 136 Å². The van der Waals surface area contributed by atoms with Crippen molar-refractivity contribution >= 4 is 17.7 Å². The molecule has 0 aliphatic carbocycles. The molecule has 1 spiro atoms. The van der Waals surface area contributed by atoms with Gasteiger partial charge in [-0.1, -0.05) is 0 Å². The first kappa shape index (κ1) is 15.7. The zero-order chi connectivity index (χ0) is 15.6. The van der Waals surface area contributed by atoms with E-state index in [2.05, 4.69) is 0 Å². The Kier molecular flexibility index (Phi) is 4.64. The van der Waals surface area contributed by atoms with Crippen molar-refractivity contribution in [1.82, 2.24) is 4.90 Å². The van der Waals surface area contributed by atoms with Crippen LogP contribution in [0, 0.1) is 0 Å². The zero-order valence-electron chi connectivity index (χ0n) is 13.2. The monoisotopic (exact) mass is 321 g/mol. The third-order valence-corrected chi connectivity index (χ3v) is 5.52. The Bertz CT molecular complexity index is 513. The topological polar surface area (TPSA) is 38.8 Å². The lowest BCUT2D eigenvalue weighted by molar-refractivity contribution is 0.00353. The Morgan fingerprint density at radius 3 is 2.50 bits per heavy atom. The summed E-state index contributed by atoms with van der Waals surface area (Å²) < 4.78 is 11.5. The van der Waals surface area contributed by atoms with E-state index in [-0.39, 0.29) is 16.9 Å². The van der Waals surface area contributed by atoms with Gasteiger partial charge < -0.3 is 14.4 Å². The lowest BCUT2D eigenvalue weighted by atomic mass is 10.1. The number of benzene rings is 1. The highest BCUT2D eigenvalue weighted by Gasteiger charge is 2.40. The summed E-state index contributed by atoms with van der Waals surface area (Å²) in [5.41, 5.74) is 0.729. The maximum absolute atomic E-state index is 12.6. The van der Waals surface area contributed by atoms with Crippen molar-refractivity contribution in [3.8, 4) is 5.75 Å². The summed E-state index contributed by atoms with van der Waals surface area (Å²) in [7, 11) is 0. The number of ether oxygens (including phenoxy) is 2. The molecule has 0 N–H and O–H groups in total. The summed E-state index contributed by atoms with van der Waals surface area (Å²) in [6.07, 6.45) is 2.00. The Hall–Kier alpha value is -1.20. The maximum atomic E-state index is 12.6. The van der Waals surface area contributed by atoms with Crippen LogP contribution in [0.5, 0.6) is 5.75 Å². The molecule has 2 heterocycles. The smallest absolute Gasteiger partial charge is 0.253 e. The molecule has 3 rings (SSSR count). The van der Waals surface area contributed by atoms with Crippen LogP contribution in [0.1, 0.15) is 37.0 Å². The van der Waals surface area contributed by atoms with Crippen molar-refractivity contribution in [3.63, 3.8) is 0 Å². The molecule has 0 aromatic heterocycles. The van der Waals surface area contributed by atoms with Crippen molar-refractivity contribution in [2.45, 2.75) is 37.7 Å². The Balaban J connectivity index is 1.60. The van der Waals surface area contributed by atoms with Crippen molar-refractivity contribution in [2.75, 3.05) is 25.4 Å². The average molecular weight is 321 g/mol. The number of piperidine rings is 1. The molecule has 1 aromatic rings. The highest BCUT2D eigenvalue weighted by molar-refractivity contribution is 8.00. The third kappa shape index (κ3) is 3.41. The van der Waals surface area contributed by atoms with Crippen molar-refractivity contribution in [3.05, 3.63) is 29.8 Å². The van der Waals surface area contributed by atoms with Crippen LogP contribution in [0.3, 0.4) is 0 Å². The second-order valence-corrected chi connectivity index (χ2v) is 7.53. The first-order chi connectivity index (χ1) is 10.6. The van der Waals surface area contributed by atoms with Crippen molar-refractivity contribution < 1.29 is 14.3 Å². The molecule has 2 fully saturated rings. The molecule has 1 aromatic carbocycles. The van der Waals surface area contributed by atoms with Gasteiger partial charge in [0.25, 0.3) is 5.91 Å². The molecule has 120 valence electrons. The van der Waals surface area contributed by atoms with Gasteiger partial charge in [-0.15, -0.1) is 11.8 Å². The van der Waals surface area contributed by atoms with E-state index in [1.807, 2.05) is 54.8 Å². The number of thioether (sulfide) groups is 1. The molecule has 0 atom stereocenters. The van der Waals surface area contributed by atoms with Gasteiger partial charge in [-0.25, -0.2) is 0 Å². The summed E-state index contributed by atoms with van der Waals surface area (Å²) >= 11 is 1.91. The van der Waals surface area contributed by atoms with Gasteiger partial charge in [0.15, 0.2) is 0 Å². The number of hydrogen-bond donors (Lipinski definition) is 0. The number of nitrogens with zero attached hydrogens (tertiary/aromatic N) is 1. The van der Waals surface area contributed by atoms with E-state index >= 15 is 0 Å². The third-order valence-electron chi connectivity index (χ3n) is 4.10. The molecule has 0 unspecified atom stereocenters. The van der Waals surface area contributed by atoms with Crippen LogP contribution in [0.4, 0.5) is 0 Å². The van der Waals surface area contributed by atoms with Crippen LogP contribution in [0.25, 0.3) is 0 Å². The molecular formula is C17H23NO3S. The number of rotatable bonds is 3. The van der Waals surface area contributed by atoms with Gasteiger partial charge in [-0.2, -0.15) is 0 Å². The molecule has 0 saturated carbocycles. The molecule has 5 heteroatoms. The van der Waals surface area contributed by atoms with Gasteiger partial charge in [-0.05, 0) is 38.1 Å². The zero-order valence-corrected chi connectivity index (χ0v) is 14.0. The fourth-order valence-electron chi connectivity index (χ4n) is 2.97. The SMILES string of the molecule is CC(C)Oc1ccc(C(=O)N2CCC3(CC2)OCCS3)cc1. The molecule has 4 nitrogen and oxygen atoms in total. The first-order valence-electron chi connectivity index (χ1n) is 7.92. The summed E-state index contributed by atoms with van der Waals surface area (Å²) in [4.78, 5) is 14.5. The number of carbonyl (C=O) groups is 1. The lowest BCUT2D eigenvalue weighted by Crippen LogP contribution is -2.45. The van der Waals surface area contributed by atoms with Crippen LogP contribution in [0.2, 0.25) is 0 Å². The second kappa shape index (κ2) is 6.50. The Morgan fingerprint density at radius 2 is 1.95 bits per heavy atom. The highest BCUT2D eigenvalue weighted by atomic mass is 32.2. The van der Waals surface area contributed by atoms with Gasteiger partial charge in [0.05, 0.1) is 12.7 Å². The average Bonchev–Trinajstić information content (AvgIpc) is 2.96. The lowest BCUT2D eigenvalue weighted by Gasteiger charge is -2.37. The summed E-state index contributed by atoms with van der Waals surface area (Å²) in [5, 5.41) is 0.